The molecule has 1 heterocycles. The molecule has 0 spiro atoms. The van der Waals surface area contributed by atoms with Crippen molar-refractivity contribution in [1.29, 1.82) is 0 Å². The Kier molecular flexibility index (Phi) is 4.65. The summed E-state index contributed by atoms with van der Waals surface area (Å²) in [6.07, 6.45) is 2.63. The van der Waals surface area contributed by atoms with Gasteiger partial charge in [0.1, 0.15) is 0 Å². The summed E-state index contributed by atoms with van der Waals surface area (Å²) in [7, 11) is 0. The van der Waals surface area contributed by atoms with Crippen molar-refractivity contribution < 1.29 is 9.59 Å². The molecule has 1 aliphatic heterocycles. The molecule has 0 unspecified atom stereocenters. The van der Waals surface area contributed by atoms with Crippen LogP contribution < -0.4 is 10.2 Å². The molecule has 0 aromatic heterocycles. The zero-order valence-corrected chi connectivity index (χ0v) is 14.1. The molecular weight excluding hydrogens is 300 g/mol. The van der Waals surface area contributed by atoms with Crippen LogP contribution in [0, 0.1) is 13.8 Å². The average molecular weight is 322 g/mol. The Balaban J connectivity index is 1.73. The van der Waals surface area contributed by atoms with Crippen molar-refractivity contribution in [2.75, 3.05) is 16.8 Å². The van der Waals surface area contributed by atoms with E-state index >= 15 is 0 Å². The van der Waals surface area contributed by atoms with E-state index in [1.165, 1.54) is 0 Å². The van der Waals surface area contributed by atoms with E-state index in [1.807, 2.05) is 61.2 Å². The average Bonchev–Trinajstić information content (AvgIpc) is 2.58. The van der Waals surface area contributed by atoms with Crippen LogP contribution in [-0.4, -0.2) is 18.4 Å². The maximum absolute atomic E-state index is 12.5. The first kappa shape index (κ1) is 16.2. The number of anilines is 2. The van der Waals surface area contributed by atoms with Gasteiger partial charge >= 0.3 is 0 Å². The first-order valence-corrected chi connectivity index (χ1v) is 8.33. The van der Waals surface area contributed by atoms with E-state index in [9.17, 15) is 9.59 Å². The third-order valence-corrected chi connectivity index (χ3v) is 4.40. The summed E-state index contributed by atoms with van der Waals surface area (Å²) in [5.41, 5.74) is 4.32. The van der Waals surface area contributed by atoms with Gasteiger partial charge in [-0.15, -0.1) is 0 Å². The van der Waals surface area contributed by atoms with Crippen LogP contribution in [0.3, 0.4) is 0 Å². The van der Waals surface area contributed by atoms with Crippen LogP contribution in [0.2, 0.25) is 0 Å². The summed E-state index contributed by atoms with van der Waals surface area (Å²) in [6.45, 7) is 4.67. The van der Waals surface area contributed by atoms with Crippen molar-refractivity contribution in [1.82, 2.24) is 0 Å². The molecule has 0 aliphatic carbocycles. The smallest absolute Gasteiger partial charge is 0.255 e. The van der Waals surface area contributed by atoms with Gasteiger partial charge in [0.25, 0.3) is 5.91 Å². The molecule has 124 valence electrons. The third kappa shape index (κ3) is 3.48. The molecule has 2 aromatic carbocycles. The summed E-state index contributed by atoms with van der Waals surface area (Å²) in [5.74, 6) is 0.0615. The van der Waals surface area contributed by atoms with Gasteiger partial charge in [-0.05, 0) is 62.6 Å². The number of hydrogen-bond acceptors (Lipinski definition) is 2. The topological polar surface area (TPSA) is 49.4 Å². The quantitative estimate of drug-likeness (QED) is 0.926. The maximum atomic E-state index is 12.5. The lowest BCUT2D eigenvalue weighted by atomic mass is 10.0. The second kappa shape index (κ2) is 6.87. The molecule has 1 N–H and O–H groups in total. The van der Waals surface area contributed by atoms with E-state index in [1.54, 1.807) is 0 Å². The summed E-state index contributed by atoms with van der Waals surface area (Å²) >= 11 is 0. The number of benzene rings is 2. The SMILES string of the molecule is Cc1ccc(C)c(C(=O)Nc2ccc(N3CCCCC3=O)cc2)c1. The molecule has 4 nitrogen and oxygen atoms in total. The number of piperidine rings is 1. The number of nitrogens with zero attached hydrogens (tertiary/aromatic N) is 1. The van der Waals surface area contributed by atoms with Gasteiger partial charge < -0.3 is 10.2 Å². The third-order valence-electron chi connectivity index (χ3n) is 4.40. The molecule has 2 amide bonds. The van der Waals surface area contributed by atoms with E-state index in [-0.39, 0.29) is 11.8 Å². The van der Waals surface area contributed by atoms with Crippen LogP contribution in [0.1, 0.15) is 40.7 Å². The number of carbonyl (C=O) groups excluding carboxylic acids is 2. The zero-order valence-electron chi connectivity index (χ0n) is 14.1. The van der Waals surface area contributed by atoms with E-state index in [2.05, 4.69) is 5.32 Å². The highest BCUT2D eigenvalue weighted by atomic mass is 16.2. The predicted octanol–water partition coefficient (Wildman–Crippen LogP) is 4.07. The molecule has 4 heteroatoms. The van der Waals surface area contributed by atoms with E-state index in [4.69, 9.17) is 0 Å². The highest BCUT2D eigenvalue weighted by Gasteiger charge is 2.19. The van der Waals surface area contributed by atoms with Gasteiger partial charge in [-0.3, -0.25) is 9.59 Å². The second-order valence-electron chi connectivity index (χ2n) is 6.32. The summed E-state index contributed by atoms with van der Waals surface area (Å²) < 4.78 is 0. The highest BCUT2D eigenvalue weighted by molar-refractivity contribution is 6.05. The molecule has 1 aliphatic rings. The van der Waals surface area contributed by atoms with Gasteiger partial charge in [0.05, 0.1) is 0 Å². The van der Waals surface area contributed by atoms with Crippen molar-refractivity contribution in [3.05, 3.63) is 59.2 Å². The fraction of sp³-hybridized carbons (Fsp3) is 0.300. The Hall–Kier alpha value is -2.62. The number of nitrogens with one attached hydrogen (secondary N) is 1. The fourth-order valence-corrected chi connectivity index (χ4v) is 2.98. The van der Waals surface area contributed by atoms with Gasteiger partial charge in [0.15, 0.2) is 0 Å². The van der Waals surface area contributed by atoms with Crippen LogP contribution in [0.15, 0.2) is 42.5 Å². The van der Waals surface area contributed by atoms with Crippen molar-refractivity contribution in [2.24, 2.45) is 0 Å². The van der Waals surface area contributed by atoms with Crippen LogP contribution in [0.4, 0.5) is 11.4 Å². The first-order valence-electron chi connectivity index (χ1n) is 8.33. The number of rotatable bonds is 3. The molecule has 1 fully saturated rings. The molecule has 1 saturated heterocycles. The summed E-state index contributed by atoms with van der Waals surface area (Å²) in [6, 6.07) is 13.3. The van der Waals surface area contributed by atoms with Gasteiger partial charge in [-0.25, -0.2) is 0 Å². The lowest BCUT2D eigenvalue weighted by Gasteiger charge is -2.26. The lowest BCUT2D eigenvalue weighted by Crippen LogP contribution is -2.35. The number of hydrogen-bond donors (Lipinski definition) is 1. The van der Waals surface area contributed by atoms with Crippen molar-refractivity contribution in [2.45, 2.75) is 33.1 Å². The Morgan fingerprint density at radius 3 is 2.50 bits per heavy atom. The Morgan fingerprint density at radius 1 is 1.04 bits per heavy atom. The first-order chi connectivity index (χ1) is 11.5. The zero-order chi connectivity index (χ0) is 17.1. The van der Waals surface area contributed by atoms with Gasteiger partial charge in [-0.1, -0.05) is 17.7 Å². The second-order valence-corrected chi connectivity index (χ2v) is 6.32. The maximum Gasteiger partial charge on any atom is 0.255 e. The van der Waals surface area contributed by atoms with Crippen LogP contribution in [0.25, 0.3) is 0 Å². The normalized spacial score (nSPS) is 14.6. The lowest BCUT2D eigenvalue weighted by molar-refractivity contribution is -0.119. The minimum Gasteiger partial charge on any atom is -0.322 e. The monoisotopic (exact) mass is 322 g/mol. The molecule has 0 radical (unpaired) electrons. The van der Waals surface area contributed by atoms with Crippen LogP contribution in [0.5, 0.6) is 0 Å². The number of carbonyl (C=O) groups is 2. The van der Waals surface area contributed by atoms with Crippen molar-refractivity contribution in [3.63, 3.8) is 0 Å². The summed E-state index contributed by atoms with van der Waals surface area (Å²) in [5, 5.41) is 2.93. The molecule has 0 saturated carbocycles. The minimum absolute atomic E-state index is 0.113. The van der Waals surface area contributed by atoms with Crippen molar-refractivity contribution >= 4 is 23.2 Å². The highest BCUT2D eigenvalue weighted by Crippen LogP contribution is 2.23. The Labute approximate surface area is 142 Å². The molecular formula is C20H22N2O2. The number of aryl methyl sites for hydroxylation is 2. The molecule has 0 atom stereocenters. The Bertz CT molecular complexity index is 766. The predicted molar refractivity (Wildman–Crippen MR) is 96.5 cm³/mol. The Morgan fingerprint density at radius 2 is 1.79 bits per heavy atom. The molecule has 2 aromatic rings. The minimum atomic E-state index is -0.113. The number of amides is 2. The van der Waals surface area contributed by atoms with Gasteiger partial charge in [0, 0.05) is 29.9 Å². The van der Waals surface area contributed by atoms with Crippen molar-refractivity contribution in [3.8, 4) is 0 Å². The standard InChI is InChI=1S/C20H22N2O2/c1-14-6-7-15(2)18(13-14)20(24)21-16-8-10-17(11-9-16)22-12-4-3-5-19(22)23/h6-11,13H,3-5,12H2,1-2H3,(H,21,24). The van der Waals surface area contributed by atoms with E-state index in [0.29, 0.717) is 12.0 Å². The van der Waals surface area contributed by atoms with Crippen LogP contribution in [-0.2, 0) is 4.79 Å². The molecule has 0 bridgehead atoms. The fourth-order valence-electron chi connectivity index (χ4n) is 2.98. The summed E-state index contributed by atoms with van der Waals surface area (Å²) in [4.78, 5) is 26.2. The largest absolute Gasteiger partial charge is 0.322 e. The van der Waals surface area contributed by atoms with E-state index < -0.39 is 0 Å². The van der Waals surface area contributed by atoms with Gasteiger partial charge in [-0.2, -0.15) is 0 Å². The van der Waals surface area contributed by atoms with E-state index in [0.717, 1.165) is 41.9 Å². The molecule has 24 heavy (non-hydrogen) atoms. The van der Waals surface area contributed by atoms with Crippen LogP contribution >= 0.6 is 0 Å². The van der Waals surface area contributed by atoms with Gasteiger partial charge in [0.2, 0.25) is 5.91 Å². The molecule has 3 rings (SSSR count).